The van der Waals surface area contributed by atoms with Crippen LogP contribution in [0.2, 0.25) is 0 Å². The molecule has 4 nitrogen and oxygen atoms in total. The molecule has 8 heteroatoms. The number of nitrogens with one attached hydrogen (secondary N) is 1. The molecular formula is C19H19F3N2O2S. The Morgan fingerprint density at radius 1 is 1.19 bits per heavy atom. The van der Waals surface area contributed by atoms with Gasteiger partial charge in [0.15, 0.2) is 0 Å². The van der Waals surface area contributed by atoms with Gasteiger partial charge in [-0.1, -0.05) is 6.07 Å². The third-order valence-corrected chi connectivity index (χ3v) is 5.65. The summed E-state index contributed by atoms with van der Waals surface area (Å²) in [5, 5.41) is 0. The summed E-state index contributed by atoms with van der Waals surface area (Å²) in [6.07, 6.45) is -2.49. The average molecular weight is 396 g/mol. The number of alkyl halides is 3. The van der Waals surface area contributed by atoms with Crippen molar-refractivity contribution in [2.45, 2.75) is 36.9 Å². The van der Waals surface area contributed by atoms with E-state index in [1.54, 1.807) is 24.3 Å². The van der Waals surface area contributed by atoms with Crippen LogP contribution in [0.15, 0.2) is 53.4 Å². The molecule has 1 amide bonds. The van der Waals surface area contributed by atoms with E-state index in [1.165, 1.54) is 12.1 Å². The highest BCUT2D eigenvalue weighted by atomic mass is 32.2. The van der Waals surface area contributed by atoms with Crippen molar-refractivity contribution in [3.63, 3.8) is 0 Å². The van der Waals surface area contributed by atoms with Gasteiger partial charge in [-0.2, -0.15) is 13.2 Å². The fourth-order valence-corrected chi connectivity index (χ4v) is 3.89. The Kier molecular flexibility index (Phi) is 5.55. The Hall–Kier alpha value is -2.35. The molecule has 1 saturated heterocycles. The normalized spacial score (nSPS) is 18.4. The third kappa shape index (κ3) is 4.50. The van der Waals surface area contributed by atoms with E-state index in [0.29, 0.717) is 11.3 Å². The Morgan fingerprint density at radius 3 is 2.48 bits per heavy atom. The number of amides is 1. The minimum Gasteiger partial charge on any atom is -0.336 e. The van der Waals surface area contributed by atoms with Gasteiger partial charge in [-0.05, 0) is 62.2 Å². The lowest BCUT2D eigenvalue weighted by Crippen LogP contribution is -2.33. The quantitative estimate of drug-likeness (QED) is 0.829. The first-order chi connectivity index (χ1) is 12.8. The SMILES string of the molecule is CC1CCCN1C(=O)c1cccc(NS(=O)c2ccc(C(F)(F)F)cc2)c1. The molecular weight excluding hydrogens is 377 g/mol. The Balaban J connectivity index is 1.72. The van der Waals surface area contributed by atoms with E-state index in [2.05, 4.69) is 4.72 Å². The van der Waals surface area contributed by atoms with Crippen molar-refractivity contribution in [2.24, 2.45) is 0 Å². The van der Waals surface area contributed by atoms with Gasteiger partial charge < -0.3 is 9.62 Å². The largest absolute Gasteiger partial charge is 0.416 e. The van der Waals surface area contributed by atoms with Gasteiger partial charge >= 0.3 is 6.18 Å². The zero-order valence-corrected chi connectivity index (χ0v) is 15.4. The summed E-state index contributed by atoms with van der Waals surface area (Å²) >= 11 is 0. The van der Waals surface area contributed by atoms with Gasteiger partial charge in [-0.15, -0.1) is 0 Å². The van der Waals surface area contributed by atoms with Crippen LogP contribution in [0.5, 0.6) is 0 Å². The second-order valence-electron chi connectivity index (χ2n) is 6.46. The second kappa shape index (κ2) is 7.72. The van der Waals surface area contributed by atoms with E-state index in [-0.39, 0.29) is 16.8 Å². The van der Waals surface area contributed by atoms with Gasteiger partial charge in [0.25, 0.3) is 5.91 Å². The van der Waals surface area contributed by atoms with Crippen molar-refractivity contribution in [3.8, 4) is 0 Å². The molecule has 0 radical (unpaired) electrons. The van der Waals surface area contributed by atoms with Crippen LogP contribution in [0.3, 0.4) is 0 Å². The summed E-state index contributed by atoms with van der Waals surface area (Å²) in [6, 6.07) is 11.0. The molecule has 144 valence electrons. The fourth-order valence-electron chi connectivity index (χ4n) is 3.05. The number of carbonyl (C=O) groups excluding carboxylic acids is 1. The van der Waals surface area contributed by atoms with Crippen LogP contribution < -0.4 is 4.72 Å². The molecule has 2 unspecified atom stereocenters. The molecule has 1 aliphatic rings. The van der Waals surface area contributed by atoms with E-state index in [1.807, 2.05) is 11.8 Å². The van der Waals surface area contributed by atoms with E-state index in [0.717, 1.165) is 31.5 Å². The van der Waals surface area contributed by atoms with Crippen molar-refractivity contribution >= 4 is 22.6 Å². The minimum atomic E-state index is -4.44. The zero-order valence-electron chi connectivity index (χ0n) is 14.6. The van der Waals surface area contributed by atoms with Crippen molar-refractivity contribution < 1.29 is 22.2 Å². The molecule has 3 rings (SSSR count). The summed E-state index contributed by atoms with van der Waals surface area (Å²) < 4.78 is 53.0. The third-order valence-electron chi connectivity index (χ3n) is 4.53. The number of hydrogen-bond donors (Lipinski definition) is 1. The molecule has 1 aliphatic heterocycles. The first-order valence-corrected chi connectivity index (χ1v) is 9.67. The van der Waals surface area contributed by atoms with Gasteiger partial charge in [0.2, 0.25) is 0 Å². The average Bonchev–Trinajstić information content (AvgIpc) is 3.06. The van der Waals surface area contributed by atoms with Crippen LogP contribution in [0.4, 0.5) is 18.9 Å². The lowest BCUT2D eigenvalue weighted by molar-refractivity contribution is -0.137. The molecule has 1 heterocycles. The summed E-state index contributed by atoms with van der Waals surface area (Å²) in [6.45, 7) is 2.72. The topological polar surface area (TPSA) is 49.4 Å². The van der Waals surface area contributed by atoms with Crippen LogP contribution >= 0.6 is 0 Å². The lowest BCUT2D eigenvalue weighted by Gasteiger charge is -2.21. The predicted octanol–water partition coefficient (Wildman–Crippen LogP) is 4.46. The van der Waals surface area contributed by atoms with E-state index < -0.39 is 22.7 Å². The second-order valence-corrected chi connectivity index (χ2v) is 7.68. The molecule has 0 spiro atoms. The number of benzene rings is 2. The number of carbonyl (C=O) groups is 1. The smallest absolute Gasteiger partial charge is 0.336 e. The Morgan fingerprint density at radius 2 is 1.89 bits per heavy atom. The summed E-state index contributed by atoms with van der Waals surface area (Å²) in [4.78, 5) is 14.6. The molecule has 2 atom stereocenters. The molecule has 2 aromatic carbocycles. The highest BCUT2D eigenvalue weighted by molar-refractivity contribution is 7.86. The number of likely N-dealkylation sites (tertiary alicyclic amines) is 1. The van der Waals surface area contributed by atoms with Crippen molar-refractivity contribution in [1.82, 2.24) is 4.90 Å². The van der Waals surface area contributed by atoms with E-state index >= 15 is 0 Å². The van der Waals surface area contributed by atoms with E-state index in [9.17, 15) is 22.2 Å². The number of halogens is 3. The van der Waals surface area contributed by atoms with Crippen LogP contribution in [0, 0.1) is 0 Å². The molecule has 0 aromatic heterocycles. The summed E-state index contributed by atoms with van der Waals surface area (Å²) in [5.74, 6) is -0.0797. The van der Waals surface area contributed by atoms with Crippen molar-refractivity contribution in [1.29, 1.82) is 0 Å². The maximum Gasteiger partial charge on any atom is 0.416 e. The molecule has 1 fully saturated rings. The van der Waals surface area contributed by atoms with E-state index in [4.69, 9.17) is 0 Å². The number of nitrogens with zero attached hydrogens (tertiary/aromatic N) is 1. The molecule has 0 saturated carbocycles. The Labute approximate surface area is 158 Å². The van der Waals surface area contributed by atoms with Crippen LogP contribution in [-0.4, -0.2) is 27.6 Å². The van der Waals surface area contributed by atoms with Gasteiger partial charge in [-0.3, -0.25) is 4.79 Å². The first kappa shape index (κ1) is 19.4. The van der Waals surface area contributed by atoms with Crippen molar-refractivity contribution in [3.05, 3.63) is 59.7 Å². The standard InChI is InChI=1S/C19H19F3N2O2S/c1-13-4-3-11-24(13)18(25)14-5-2-6-16(12-14)23-27(26)17-9-7-15(8-10-17)19(20,21)22/h2,5-10,12-13,23H,3-4,11H2,1H3. The molecule has 0 aliphatic carbocycles. The maximum absolute atomic E-state index is 12.6. The van der Waals surface area contributed by atoms with Gasteiger partial charge in [-0.25, -0.2) is 4.21 Å². The van der Waals surface area contributed by atoms with Gasteiger partial charge in [0.05, 0.1) is 10.5 Å². The Bertz CT molecular complexity index is 853. The monoisotopic (exact) mass is 396 g/mol. The van der Waals surface area contributed by atoms with Crippen LogP contribution in [-0.2, 0) is 17.2 Å². The summed E-state index contributed by atoms with van der Waals surface area (Å²) in [7, 11) is -1.74. The molecule has 1 N–H and O–H groups in total. The minimum absolute atomic E-state index is 0.0797. The van der Waals surface area contributed by atoms with Crippen molar-refractivity contribution in [2.75, 3.05) is 11.3 Å². The molecule has 27 heavy (non-hydrogen) atoms. The van der Waals surface area contributed by atoms with Gasteiger partial charge in [0, 0.05) is 23.8 Å². The molecule has 2 aromatic rings. The maximum atomic E-state index is 12.6. The fraction of sp³-hybridized carbons (Fsp3) is 0.316. The van der Waals surface area contributed by atoms with Gasteiger partial charge in [0.1, 0.15) is 11.0 Å². The number of anilines is 1. The zero-order chi connectivity index (χ0) is 19.6. The lowest BCUT2D eigenvalue weighted by atomic mass is 10.1. The van der Waals surface area contributed by atoms with Crippen LogP contribution in [0.25, 0.3) is 0 Å². The molecule has 0 bridgehead atoms. The predicted molar refractivity (Wildman–Crippen MR) is 97.6 cm³/mol. The summed E-state index contributed by atoms with van der Waals surface area (Å²) in [5.41, 5.74) is 0.152. The highest BCUT2D eigenvalue weighted by Crippen LogP contribution is 2.29. The first-order valence-electron chi connectivity index (χ1n) is 8.52. The highest BCUT2D eigenvalue weighted by Gasteiger charge is 2.30. The van der Waals surface area contributed by atoms with Crippen LogP contribution in [0.1, 0.15) is 35.7 Å². The number of rotatable bonds is 4. The number of hydrogen-bond acceptors (Lipinski definition) is 2.